The van der Waals surface area contributed by atoms with Gasteiger partial charge in [-0.1, -0.05) is 17.7 Å². The summed E-state index contributed by atoms with van der Waals surface area (Å²) in [5.41, 5.74) is 2.80. The van der Waals surface area contributed by atoms with Crippen LogP contribution in [0.5, 0.6) is 5.75 Å². The number of ketones is 1. The average Bonchev–Trinajstić information content (AvgIpc) is 2.87. The Hall–Kier alpha value is -3.92. The average molecular weight is 543 g/mol. The van der Waals surface area contributed by atoms with Gasteiger partial charge in [0.1, 0.15) is 6.04 Å². The molecule has 1 unspecified atom stereocenters. The summed E-state index contributed by atoms with van der Waals surface area (Å²) in [7, 11) is 0. The predicted octanol–water partition coefficient (Wildman–Crippen LogP) is 5.10. The molecule has 0 spiro atoms. The first-order valence-corrected chi connectivity index (χ1v) is 12.6. The first-order chi connectivity index (χ1) is 18.0. The van der Waals surface area contributed by atoms with E-state index in [0.29, 0.717) is 59.0 Å². The van der Waals surface area contributed by atoms with Gasteiger partial charge in [-0.25, -0.2) is 9.18 Å². The molecular formula is C27H28ClFN4O5. The minimum atomic E-state index is -1.26. The smallest absolute Gasteiger partial charge is 0.405 e. The van der Waals surface area contributed by atoms with E-state index in [1.807, 2.05) is 6.07 Å². The molecule has 38 heavy (non-hydrogen) atoms. The molecule has 0 bridgehead atoms. The number of phenolic OH excluding ortho intramolecular Hbond substituents is 1. The number of hydrogen-bond acceptors (Lipinski definition) is 6. The molecule has 4 rings (SSSR count). The van der Waals surface area contributed by atoms with Crippen LogP contribution in [0.2, 0.25) is 5.02 Å². The number of pyridine rings is 1. The number of halogens is 2. The summed E-state index contributed by atoms with van der Waals surface area (Å²) in [5.74, 6) is -1.98. The molecular weight excluding hydrogens is 515 g/mol. The Balaban J connectivity index is 1.56. The van der Waals surface area contributed by atoms with Crippen LogP contribution in [0.3, 0.4) is 0 Å². The molecule has 1 atom stereocenters. The van der Waals surface area contributed by atoms with Crippen LogP contribution in [0, 0.1) is 5.82 Å². The van der Waals surface area contributed by atoms with E-state index in [4.69, 9.17) is 16.7 Å². The zero-order valence-electron chi connectivity index (χ0n) is 20.8. The van der Waals surface area contributed by atoms with Gasteiger partial charge in [-0.05, 0) is 74.9 Å². The van der Waals surface area contributed by atoms with Crippen LogP contribution < -0.4 is 16.0 Å². The standard InChI is InChI=1S/C27H28ClFN4O5/c1-13(31-27(37)38)26(36)33-18-6-4-17(5-7-18)32-24-19-9-15(16-10-21(28)25(35)22(29)11-16)3-8-23(19)30-12-20(24)14(2)34/h3,8-13,17-18,31,35H,4-7H2,1-2H3,(H,30,32)(H,33,36)(H,37,38)/t13?,17-,18-. The molecule has 1 saturated carbocycles. The molecule has 3 aromatic rings. The van der Waals surface area contributed by atoms with Crippen molar-refractivity contribution in [1.82, 2.24) is 15.6 Å². The quantitative estimate of drug-likeness (QED) is 0.262. The maximum atomic E-state index is 14.1. The van der Waals surface area contributed by atoms with Gasteiger partial charge in [0.25, 0.3) is 0 Å². The van der Waals surface area contributed by atoms with Crippen molar-refractivity contribution >= 4 is 46.0 Å². The first kappa shape index (κ1) is 27.1. The Kier molecular flexibility index (Phi) is 8.01. The van der Waals surface area contributed by atoms with E-state index < -0.39 is 23.7 Å². The number of aromatic hydroxyl groups is 1. The minimum Gasteiger partial charge on any atom is -0.504 e. The number of carbonyl (C=O) groups excluding carboxylic acids is 2. The van der Waals surface area contributed by atoms with Crippen LogP contribution in [0.4, 0.5) is 14.9 Å². The number of amides is 2. The van der Waals surface area contributed by atoms with Crippen LogP contribution >= 0.6 is 11.6 Å². The number of phenols is 1. The van der Waals surface area contributed by atoms with Crippen molar-refractivity contribution in [2.45, 2.75) is 57.7 Å². The van der Waals surface area contributed by atoms with E-state index in [1.54, 1.807) is 12.1 Å². The topological polar surface area (TPSA) is 141 Å². The maximum absolute atomic E-state index is 14.1. The SMILES string of the molecule is CC(=O)c1cnc2ccc(-c3cc(F)c(O)c(Cl)c3)cc2c1N[C@H]1CC[C@H](NC(=O)C(C)NC(=O)O)CC1. The molecule has 2 aromatic carbocycles. The number of fused-ring (bicyclic) bond motifs is 1. The highest BCUT2D eigenvalue weighted by Crippen LogP contribution is 2.36. The normalized spacial score (nSPS) is 18.0. The monoisotopic (exact) mass is 542 g/mol. The molecule has 9 nitrogen and oxygen atoms in total. The highest BCUT2D eigenvalue weighted by atomic mass is 35.5. The molecule has 2 amide bonds. The number of Topliss-reactive ketones (excluding diaryl/α,β-unsaturated/α-hetero) is 1. The second-order valence-electron chi connectivity index (χ2n) is 9.50. The van der Waals surface area contributed by atoms with Crippen LogP contribution in [0.25, 0.3) is 22.0 Å². The summed E-state index contributed by atoms with van der Waals surface area (Å²) in [4.78, 5) is 39.9. The Morgan fingerprint density at radius 3 is 2.39 bits per heavy atom. The number of rotatable bonds is 7. The minimum absolute atomic E-state index is 0.0191. The van der Waals surface area contributed by atoms with Crippen LogP contribution in [0.15, 0.2) is 36.5 Å². The Morgan fingerprint density at radius 1 is 1.08 bits per heavy atom. The summed E-state index contributed by atoms with van der Waals surface area (Å²) < 4.78 is 14.1. The van der Waals surface area contributed by atoms with E-state index >= 15 is 0 Å². The number of aromatic nitrogens is 1. The van der Waals surface area contributed by atoms with E-state index in [-0.39, 0.29) is 28.8 Å². The number of benzene rings is 2. The third-order valence-corrected chi connectivity index (χ3v) is 7.04. The Labute approximate surface area is 223 Å². The van der Waals surface area contributed by atoms with Gasteiger partial charge in [-0.15, -0.1) is 0 Å². The molecule has 0 saturated heterocycles. The lowest BCUT2D eigenvalue weighted by Gasteiger charge is -2.31. The van der Waals surface area contributed by atoms with Crippen LogP contribution in [-0.4, -0.2) is 51.1 Å². The lowest BCUT2D eigenvalue weighted by Crippen LogP contribution is -2.49. The predicted molar refractivity (Wildman–Crippen MR) is 142 cm³/mol. The Morgan fingerprint density at radius 2 is 1.76 bits per heavy atom. The third-order valence-electron chi connectivity index (χ3n) is 6.75. The molecule has 0 radical (unpaired) electrons. The van der Waals surface area contributed by atoms with Crippen LogP contribution in [0.1, 0.15) is 49.9 Å². The highest BCUT2D eigenvalue weighted by Gasteiger charge is 2.26. The lowest BCUT2D eigenvalue weighted by atomic mass is 9.90. The van der Waals surface area contributed by atoms with Gasteiger partial charge in [-0.3, -0.25) is 14.6 Å². The van der Waals surface area contributed by atoms with Crippen LogP contribution in [-0.2, 0) is 4.79 Å². The molecule has 1 aliphatic carbocycles. The molecule has 11 heteroatoms. The van der Waals surface area contributed by atoms with Crippen molar-refractivity contribution in [1.29, 1.82) is 0 Å². The molecule has 1 fully saturated rings. The number of nitrogens with one attached hydrogen (secondary N) is 3. The van der Waals surface area contributed by atoms with Crippen molar-refractivity contribution in [2.75, 3.05) is 5.32 Å². The molecule has 5 N–H and O–H groups in total. The van der Waals surface area contributed by atoms with Crippen molar-refractivity contribution in [2.24, 2.45) is 0 Å². The Bertz CT molecular complexity index is 1380. The molecule has 0 aliphatic heterocycles. The molecule has 1 aromatic heterocycles. The number of nitrogens with zero attached hydrogens (tertiary/aromatic N) is 1. The molecule has 200 valence electrons. The summed E-state index contributed by atoms with van der Waals surface area (Å²) in [6.45, 7) is 2.95. The van der Waals surface area contributed by atoms with E-state index in [9.17, 15) is 23.9 Å². The fraction of sp³-hybridized carbons (Fsp3) is 0.333. The van der Waals surface area contributed by atoms with Gasteiger partial charge in [0.15, 0.2) is 17.3 Å². The number of carbonyl (C=O) groups is 3. The van der Waals surface area contributed by atoms with Gasteiger partial charge in [0, 0.05) is 23.7 Å². The molecule has 1 aliphatic rings. The third kappa shape index (κ3) is 5.96. The summed E-state index contributed by atoms with van der Waals surface area (Å²) >= 11 is 5.98. The fourth-order valence-corrected chi connectivity index (χ4v) is 4.90. The van der Waals surface area contributed by atoms with Crippen molar-refractivity contribution in [3.05, 3.63) is 52.9 Å². The number of carboxylic acid groups (broad SMARTS) is 1. The summed E-state index contributed by atoms with van der Waals surface area (Å²) in [5, 5.41) is 27.6. The van der Waals surface area contributed by atoms with E-state index in [1.165, 1.54) is 32.2 Å². The van der Waals surface area contributed by atoms with Crippen molar-refractivity contribution < 1.29 is 29.0 Å². The fourth-order valence-electron chi connectivity index (χ4n) is 4.69. The summed E-state index contributed by atoms with van der Waals surface area (Å²) in [6, 6.07) is 7.10. The largest absolute Gasteiger partial charge is 0.504 e. The van der Waals surface area contributed by atoms with Gasteiger partial charge < -0.3 is 26.2 Å². The summed E-state index contributed by atoms with van der Waals surface area (Å²) in [6.07, 6.45) is 3.06. The zero-order chi connectivity index (χ0) is 27.6. The van der Waals surface area contributed by atoms with Gasteiger partial charge >= 0.3 is 6.09 Å². The van der Waals surface area contributed by atoms with Gasteiger partial charge in [0.05, 0.1) is 21.8 Å². The van der Waals surface area contributed by atoms with E-state index in [0.717, 1.165) is 0 Å². The number of anilines is 1. The van der Waals surface area contributed by atoms with E-state index in [2.05, 4.69) is 20.9 Å². The first-order valence-electron chi connectivity index (χ1n) is 12.2. The zero-order valence-corrected chi connectivity index (χ0v) is 21.6. The second kappa shape index (κ2) is 11.2. The second-order valence-corrected chi connectivity index (χ2v) is 9.90. The lowest BCUT2D eigenvalue weighted by molar-refractivity contribution is -0.123. The van der Waals surface area contributed by atoms with Crippen molar-refractivity contribution in [3.63, 3.8) is 0 Å². The highest BCUT2D eigenvalue weighted by molar-refractivity contribution is 6.32. The van der Waals surface area contributed by atoms with Gasteiger partial charge in [0.2, 0.25) is 5.91 Å². The number of hydrogen-bond donors (Lipinski definition) is 5. The molecule has 1 heterocycles. The maximum Gasteiger partial charge on any atom is 0.405 e. The van der Waals surface area contributed by atoms with Crippen molar-refractivity contribution in [3.8, 4) is 16.9 Å². The van der Waals surface area contributed by atoms with Gasteiger partial charge in [-0.2, -0.15) is 0 Å².